The topological polar surface area (TPSA) is 15.3 Å². The normalized spacial score (nSPS) is 18.6. The summed E-state index contributed by atoms with van der Waals surface area (Å²) in [5, 5.41) is 3.42. The maximum Gasteiger partial charge on any atom is 0.127 e. The summed E-state index contributed by atoms with van der Waals surface area (Å²) in [6.07, 6.45) is 2.41. The van der Waals surface area contributed by atoms with Gasteiger partial charge in [0.15, 0.2) is 0 Å². The standard InChI is InChI=1S/C18H29FN2/c1-14(2)11-20-12-15-6-7-17(19)16(10-15)13-21-9-5-8-18(21,3)4/h6-7,10,14,20H,5,8-9,11-13H2,1-4H3. The lowest BCUT2D eigenvalue weighted by Gasteiger charge is -2.31. The van der Waals surface area contributed by atoms with Crippen LogP contribution in [0, 0.1) is 11.7 Å². The fourth-order valence-electron chi connectivity index (χ4n) is 3.03. The first-order chi connectivity index (χ1) is 9.88. The van der Waals surface area contributed by atoms with Gasteiger partial charge in [0.1, 0.15) is 5.82 Å². The van der Waals surface area contributed by atoms with E-state index in [1.807, 2.05) is 12.1 Å². The molecular formula is C18H29FN2. The van der Waals surface area contributed by atoms with Gasteiger partial charge in [-0.05, 0) is 57.3 Å². The Morgan fingerprint density at radius 1 is 1.33 bits per heavy atom. The Bertz CT molecular complexity index is 468. The molecule has 1 N–H and O–H groups in total. The second kappa shape index (κ2) is 6.89. The lowest BCUT2D eigenvalue weighted by Crippen LogP contribution is -2.37. The molecular weight excluding hydrogens is 263 g/mol. The number of nitrogens with one attached hydrogen (secondary N) is 1. The van der Waals surface area contributed by atoms with Gasteiger partial charge >= 0.3 is 0 Å². The van der Waals surface area contributed by atoms with E-state index in [-0.39, 0.29) is 11.4 Å². The van der Waals surface area contributed by atoms with E-state index in [0.29, 0.717) is 5.92 Å². The van der Waals surface area contributed by atoms with Crippen LogP contribution in [0.4, 0.5) is 4.39 Å². The lowest BCUT2D eigenvalue weighted by molar-refractivity contribution is 0.164. The number of nitrogens with zero attached hydrogens (tertiary/aromatic N) is 1. The number of hydrogen-bond donors (Lipinski definition) is 1. The summed E-state index contributed by atoms with van der Waals surface area (Å²) >= 11 is 0. The third-order valence-corrected chi connectivity index (χ3v) is 4.43. The molecule has 1 heterocycles. The second-order valence-corrected chi connectivity index (χ2v) is 7.29. The van der Waals surface area contributed by atoms with E-state index in [1.54, 1.807) is 6.07 Å². The summed E-state index contributed by atoms with van der Waals surface area (Å²) in [5.74, 6) is 0.556. The van der Waals surface area contributed by atoms with Crippen molar-refractivity contribution in [3.8, 4) is 0 Å². The molecule has 0 amide bonds. The van der Waals surface area contributed by atoms with Crippen LogP contribution in [-0.2, 0) is 13.1 Å². The van der Waals surface area contributed by atoms with Crippen LogP contribution in [0.1, 0.15) is 51.7 Å². The summed E-state index contributed by atoms with van der Waals surface area (Å²) in [5.41, 5.74) is 2.19. The van der Waals surface area contributed by atoms with Gasteiger partial charge in [-0.25, -0.2) is 4.39 Å². The van der Waals surface area contributed by atoms with E-state index in [4.69, 9.17) is 0 Å². The van der Waals surface area contributed by atoms with Crippen molar-refractivity contribution in [3.63, 3.8) is 0 Å². The molecule has 2 nitrogen and oxygen atoms in total. The van der Waals surface area contributed by atoms with E-state index < -0.39 is 0 Å². The lowest BCUT2D eigenvalue weighted by atomic mass is 10.0. The van der Waals surface area contributed by atoms with Gasteiger partial charge in [0, 0.05) is 24.2 Å². The van der Waals surface area contributed by atoms with Crippen LogP contribution in [0.2, 0.25) is 0 Å². The van der Waals surface area contributed by atoms with Crippen LogP contribution in [0.25, 0.3) is 0 Å². The molecule has 0 unspecified atom stereocenters. The molecule has 0 radical (unpaired) electrons. The Morgan fingerprint density at radius 2 is 2.10 bits per heavy atom. The van der Waals surface area contributed by atoms with Crippen LogP contribution in [0.15, 0.2) is 18.2 Å². The van der Waals surface area contributed by atoms with Gasteiger partial charge in [-0.3, -0.25) is 4.90 Å². The molecule has 21 heavy (non-hydrogen) atoms. The molecule has 0 bridgehead atoms. The van der Waals surface area contributed by atoms with Crippen LogP contribution in [0.5, 0.6) is 0 Å². The van der Waals surface area contributed by atoms with E-state index in [0.717, 1.165) is 31.7 Å². The van der Waals surface area contributed by atoms with Crippen molar-refractivity contribution in [2.24, 2.45) is 5.92 Å². The highest BCUT2D eigenvalue weighted by Crippen LogP contribution is 2.30. The first kappa shape index (κ1) is 16.4. The quantitative estimate of drug-likeness (QED) is 0.854. The zero-order valence-corrected chi connectivity index (χ0v) is 13.9. The summed E-state index contributed by atoms with van der Waals surface area (Å²) < 4.78 is 14.1. The Labute approximate surface area is 128 Å². The number of likely N-dealkylation sites (tertiary alicyclic amines) is 1. The molecule has 1 aromatic carbocycles. The smallest absolute Gasteiger partial charge is 0.127 e. The Hall–Kier alpha value is -0.930. The highest BCUT2D eigenvalue weighted by Gasteiger charge is 2.32. The van der Waals surface area contributed by atoms with Crippen LogP contribution in [0.3, 0.4) is 0 Å². The van der Waals surface area contributed by atoms with Crippen LogP contribution >= 0.6 is 0 Å². The largest absolute Gasteiger partial charge is 0.312 e. The molecule has 2 rings (SSSR count). The van der Waals surface area contributed by atoms with Gasteiger partial charge in [-0.15, -0.1) is 0 Å². The Balaban J connectivity index is 2.02. The molecule has 0 spiro atoms. The summed E-state index contributed by atoms with van der Waals surface area (Å²) in [6, 6.07) is 5.53. The molecule has 118 valence electrons. The molecule has 1 fully saturated rings. The highest BCUT2D eigenvalue weighted by atomic mass is 19.1. The molecule has 0 aliphatic carbocycles. The average molecular weight is 292 g/mol. The minimum absolute atomic E-state index is 0.0784. The zero-order valence-electron chi connectivity index (χ0n) is 13.9. The molecule has 3 heteroatoms. The minimum atomic E-state index is -0.0784. The van der Waals surface area contributed by atoms with Gasteiger partial charge in [0.25, 0.3) is 0 Å². The van der Waals surface area contributed by atoms with E-state index in [9.17, 15) is 4.39 Å². The third-order valence-electron chi connectivity index (χ3n) is 4.43. The molecule has 1 aromatic rings. The average Bonchev–Trinajstić information content (AvgIpc) is 2.72. The summed E-state index contributed by atoms with van der Waals surface area (Å²) in [6.45, 7) is 12.5. The van der Waals surface area contributed by atoms with Crippen molar-refractivity contribution in [3.05, 3.63) is 35.1 Å². The minimum Gasteiger partial charge on any atom is -0.312 e. The van der Waals surface area contributed by atoms with Gasteiger partial charge in [0.2, 0.25) is 0 Å². The van der Waals surface area contributed by atoms with Crippen LogP contribution in [-0.4, -0.2) is 23.5 Å². The Kier molecular flexibility index (Phi) is 5.39. The van der Waals surface area contributed by atoms with Gasteiger partial charge in [-0.1, -0.05) is 26.0 Å². The van der Waals surface area contributed by atoms with E-state index in [1.165, 1.54) is 18.4 Å². The van der Waals surface area contributed by atoms with E-state index >= 15 is 0 Å². The fourth-order valence-corrected chi connectivity index (χ4v) is 3.03. The van der Waals surface area contributed by atoms with Gasteiger partial charge in [-0.2, -0.15) is 0 Å². The number of halogens is 1. The first-order valence-corrected chi connectivity index (χ1v) is 8.11. The van der Waals surface area contributed by atoms with Gasteiger partial charge in [0.05, 0.1) is 0 Å². The molecule has 1 aliphatic rings. The monoisotopic (exact) mass is 292 g/mol. The maximum absolute atomic E-state index is 14.1. The van der Waals surface area contributed by atoms with Crippen molar-refractivity contribution in [1.29, 1.82) is 0 Å². The predicted octanol–water partition coefficient (Wildman–Crippen LogP) is 3.95. The fraction of sp³-hybridized carbons (Fsp3) is 0.667. The van der Waals surface area contributed by atoms with Crippen molar-refractivity contribution >= 4 is 0 Å². The van der Waals surface area contributed by atoms with Crippen molar-refractivity contribution in [1.82, 2.24) is 10.2 Å². The highest BCUT2D eigenvalue weighted by molar-refractivity contribution is 5.25. The predicted molar refractivity (Wildman–Crippen MR) is 86.7 cm³/mol. The van der Waals surface area contributed by atoms with Crippen molar-refractivity contribution in [2.75, 3.05) is 13.1 Å². The maximum atomic E-state index is 14.1. The first-order valence-electron chi connectivity index (χ1n) is 8.11. The molecule has 0 atom stereocenters. The van der Waals surface area contributed by atoms with Crippen LogP contribution < -0.4 is 5.32 Å². The summed E-state index contributed by atoms with van der Waals surface area (Å²) in [4.78, 5) is 2.40. The van der Waals surface area contributed by atoms with Crippen molar-refractivity contribution < 1.29 is 4.39 Å². The number of benzene rings is 1. The SMILES string of the molecule is CC(C)CNCc1ccc(F)c(CN2CCCC2(C)C)c1. The van der Waals surface area contributed by atoms with E-state index in [2.05, 4.69) is 37.9 Å². The molecule has 1 saturated heterocycles. The summed E-state index contributed by atoms with van der Waals surface area (Å²) in [7, 11) is 0. The van der Waals surface area contributed by atoms with Crippen molar-refractivity contribution in [2.45, 2.75) is 59.2 Å². The third kappa shape index (κ3) is 4.52. The number of hydrogen-bond acceptors (Lipinski definition) is 2. The molecule has 0 aromatic heterocycles. The second-order valence-electron chi connectivity index (χ2n) is 7.29. The molecule has 1 aliphatic heterocycles. The van der Waals surface area contributed by atoms with Gasteiger partial charge < -0.3 is 5.32 Å². The zero-order chi connectivity index (χ0) is 15.5. The molecule has 0 saturated carbocycles. The number of rotatable bonds is 6. The Morgan fingerprint density at radius 3 is 2.71 bits per heavy atom.